The number of halogens is 2. The van der Waals surface area contributed by atoms with Crippen LogP contribution in [0, 0.1) is 0 Å². The van der Waals surface area contributed by atoms with Crippen LogP contribution in [-0.2, 0) is 24.1 Å². The molecule has 0 amide bonds. The van der Waals surface area contributed by atoms with Gasteiger partial charge in [0.05, 0.1) is 17.3 Å². The summed E-state index contributed by atoms with van der Waals surface area (Å²) in [7, 11) is -0.0334. The van der Waals surface area contributed by atoms with Gasteiger partial charge in [-0.1, -0.05) is 33.1 Å². The van der Waals surface area contributed by atoms with Crippen molar-refractivity contribution in [3.8, 4) is 22.3 Å². The lowest BCUT2D eigenvalue weighted by Crippen LogP contribution is -2.36. The van der Waals surface area contributed by atoms with Crippen molar-refractivity contribution in [2.75, 3.05) is 26.2 Å². The van der Waals surface area contributed by atoms with E-state index in [9.17, 15) is 17.2 Å². The van der Waals surface area contributed by atoms with Gasteiger partial charge < -0.3 is 4.98 Å². The van der Waals surface area contributed by atoms with E-state index in [0.29, 0.717) is 55.5 Å². The van der Waals surface area contributed by atoms with Crippen molar-refractivity contribution >= 4 is 32.1 Å². The van der Waals surface area contributed by atoms with E-state index in [0.717, 1.165) is 103 Å². The maximum atomic E-state index is 13.7. The number of pyridine rings is 2. The zero-order valence-corrected chi connectivity index (χ0v) is 36.8. The average Bonchev–Trinajstić information content (AvgIpc) is 4.18. The van der Waals surface area contributed by atoms with Crippen molar-refractivity contribution in [2.45, 2.75) is 120 Å². The quantitative estimate of drug-likeness (QED) is 0.160. The number of aromatic amines is 1. The zero-order valence-electron chi connectivity index (χ0n) is 36.0. The minimum absolute atomic E-state index is 0. The van der Waals surface area contributed by atoms with E-state index in [1.165, 1.54) is 14.9 Å². The first-order valence-corrected chi connectivity index (χ1v) is 24.0. The summed E-state index contributed by atoms with van der Waals surface area (Å²) in [5.74, 6) is 0.913. The number of benzene rings is 1. The molecule has 2 aliphatic carbocycles. The van der Waals surface area contributed by atoms with Crippen LogP contribution in [0.2, 0.25) is 0 Å². The molecule has 6 aromatic heterocycles. The topological polar surface area (TPSA) is 123 Å². The number of hydrogen-bond acceptors (Lipinski definition) is 8. The highest BCUT2D eigenvalue weighted by molar-refractivity contribution is 7.90. The number of fused-ring (bicyclic) bond motifs is 2. The van der Waals surface area contributed by atoms with Crippen LogP contribution in [0.25, 0.3) is 44.3 Å². The third-order valence-electron chi connectivity index (χ3n) is 14.2. The molecule has 0 unspecified atom stereocenters. The molecule has 1 aromatic carbocycles. The van der Waals surface area contributed by atoms with Crippen LogP contribution in [0.3, 0.4) is 0 Å². The fourth-order valence-electron chi connectivity index (χ4n) is 10.7. The smallest absolute Gasteiger partial charge is 0.269 e. The van der Waals surface area contributed by atoms with E-state index in [1.807, 2.05) is 56.0 Å². The standard InChI is InChI=1S/C27H30FN5O2S.C21H26FN5.2CH4/c1-31-16-21(15-30-31)26-18-33(36(34,35)24-5-3-2-4-6-24)27-25(26)13-20(14-29-27)19-7-9-23(10-8-19)32-12-11-22(28)17-32;1-26-12-16(10-25-26)20-11-24-21-19(20)8-15(9-23-21)14-2-4-18(5-3-14)27-7-6-17(22)13-27;;/h2-6,13-16,18-19,22-23H,7-12,17H2,1H3;8-12,14,17-18H,2-7,13H2,1H3,(H,23,24);2*1H4/t19?,22-,23?;14?,17-,18?;;/m11../s1. The normalized spacial score (nSPS) is 24.1. The van der Waals surface area contributed by atoms with Crippen LogP contribution in [0.15, 0.2) is 96.9 Å². The van der Waals surface area contributed by atoms with Gasteiger partial charge in [0, 0.05) is 123 Å². The Morgan fingerprint density at radius 1 is 0.631 bits per heavy atom. The van der Waals surface area contributed by atoms with Gasteiger partial charge in [-0.2, -0.15) is 10.2 Å². The second kappa shape index (κ2) is 19.3. The van der Waals surface area contributed by atoms with Crippen LogP contribution >= 0.6 is 0 Å². The number of nitrogens with one attached hydrogen (secondary N) is 1. The van der Waals surface area contributed by atoms with Crippen molar-refractivity contribution < 1.29 is 17.2 Å². The summed E-state index contributed by atoms with van der Waals surface area (Å²) in [6, 6.07) is 13.9. The molecule has 2 aliphatic heterocycles. The van der Waals surface area contributed by atoms with Crippen molar-refractivity contribution in [1.29, 1.82) is 0 Å². The number of nitrogens with zero attached hydrogens (tertiary/aromatic N) is 9. The van der Waals surface area contributed by atoms with Gasteiger partial charge in [0.1, 0.15) is 18.0 Å². The predicted molar refractivity (Wildman–Crippen MR) is 255 cm³/mol. The lowest BCUT2D eigenvalue weighted by molar-refractivity contribution is 0.170. The first-order valence-electron chi connectivity index (χ1n) is 22.6. The molecule has 65 heavy (non-hydrogen) atoms. The van der Waals surface area contributed by atoms with E-state index >= 15 is 0 Å². The average molecular weight is 907 g/mol. The molecule has 0 bridgehead atoms. The summed E-state index contributed by atoms with van der Waals surface area (Å²) in [5, 5.41) is 10.6. The zero-order chi connectivity index (χ0) is 43.2. The van der Waals surface area contributed by atoms with Gasteiger partial charge in [0.2, 0.25) is 0 Å². The lowest BCUT2D eigenvalue weighted by atomic mass is 9.81. The van der Waals surface area contributed by atoms with Crippen molar-refractivity contribution in [2.24, 2.45) is 14.1 Å². The summed E-state index contributed by atoms with van der Waals surface area (Å²) in [5.41, 5.74) is 7.72. The highest BCUT2D eigenvalue weighted by Crippen LogP contribution is 2.40. The molecule has 1 N–H and O–H groups in total. The van der Waals surface area contributed by atoms with Crippen LogP contribution < -0.4 is 0 Å². The third-order valence-corrected chi connectivity index (χ3v) is 15.9. The number of aryl methyl sites for hydroxylation is 2. The molecule has 11 rings (SSSR count). The maximum absolute atomic E-state index is 13.7. The summed E-state index contributed by atoms with van der Waals surface area (Å²) < 4.78 is 59.1. The molecule has 4 aliphatic rings. The monoisotopic (exact) mass is 906 g/mol. The molecule has 4 fully saturated rings. The van der Waals surface area contributed by atoms with Gasteiger partial charge in [0.15, 0.2) is 5.65 Å². The van der Waals surface area contributed by atoms with Gasteiger partial charge >= 0.3 is 0 Å². The minimum atomic E-state index is -3.81. The van der Waals surface area contributed by atoms with Gasteiger partial charge in [-0.05, 0) is 111 Å². The lowest BCUT2D eigenvalue weighted by Gasteiger charge is -2.34. The Hall–Kier alpha value is -5.25. The number of rotatable bonds is 8. The number of H-pyrrole nitrogens is 1. The van der Waals surface area contributed by atoms with Crippen LogP contribution in [0.1, 0.15) is 102 Å². The predicted octanol–water partition coefficient (Wildman–Crippen LogP) is 10.0. The van der Waals surface area contributed by atoms with E-state index in [1.54, 1.807) is 47.4 Å². The van der Waals surface area contributed by atoms with Crippen molar-refractivity contribution in [1.82, 2.24) is 48.3 Å². The second-order valence-corrected chi connectivity index (χ2v) is 20.1. The van der Waals surface area contributed by atoms with Crippen molar-refractivity contribution in [3.63, 3.8) is 0 Å². The molecule has 0 radical (unpaired) electrons. The molecule has 2 saturated heterocycles. The molecular formula is C50H64F2N10O2S. The number of hydrogen-bond donors (Lipinski definition) is 1. The fraction of sp³-hybridized carbons (Fsp3) is 0.480. The molecular weight excluding hydrogens is 843 g/mol. The van der Waals surface area contributed by atoms with Crippen LogP contribution in [0.5, 0.6) is 0 Å². The molecule has 346 valence electrons. The molecule has 2 atom stereocenters. The maximum Gasteiger partial charge on any atom is 0.269 e. The number of alkyl halides is 2. The summed E-state index contributed by atoms with van der Waals surface area (Å²) in [6.45, 7) is 3.01. The summed E-state index contributed by atoms with van der Waals surface area (Å²) >= 11 is 0. The Bertz CT molecular complexity index is 2800. The van der Waals surface area contributed by atoms with Crippen molar-refractivity contribution in [3.05, 3.63) is 103 Å². The second-order valence-electron chi connectivity index (χ2n) is 18.2. The van der Waals surface area contributed by atoms with Gasteiger partial charge in [-0.15, -0.1) is 0 Å². The fourth-order valence-corrected chi connectivity index (χ4v) is 12.1. The molecule has 15 heteroatoms. The minimum Gasteiger partial charge on any atom is -0.346 e. The summed E-state index contributed by atoms with van der Waals surface area (Å²) in [4.78, 5) is 17.6. The largest absolute Gasteiger partial charge is 0.346 e. The van der Waals surface area contributed by atoms with Crippen LogP contribution in [-0.4, -0.2) is 107 Å². The molecule has 7 aromatic rings. The highest BCUT2D eigenvalue weighted by Gasteiger charge is 2.34. The third kappa shape index (κ3) is 9.42. The van der Waals surface area contributed by atoms with Gasteiger partial charge in [0.25, 0.3) is 10.0 Å². The molecule has 8 heterocycles. The molecule has 0 spiro atoms. The van der Waals surface area contributed by atoms with E-state index in [2.05, 4.69) is 42.1 Å². The Balaban J connectivity index is 0.000000178. The molecule has 2 saturated carbocycles. The number of aromatic nitrogens is 8. The first kappa shape index (κ1) is 46.3. The first-order chi connectivity index (χ1) is 30.6. The molecule has 12 nitrogen and oxygen atoms in total. The van der Waals surface area contributed by atoms with Crippen LogP contribution in [0.4, 0.5) is 8.78 Å². The van der Waals surface area contributed by atoms with Gasteiger partial charge in [-0.25, -0.2) is 31.1 Å². The number of likely N-dealkylation sites (tertiary alicyclic amines) is 2. The van der Waals surface area contributed by atoms with E-state index < -0.39 is 22.4 Å². The van der Waals surface area contributed by atoms with Gasteiger partial charge in [-0.3, -0.25) is 19.2 Å². The Kier molecular flexibility index (Phi) is 13.7. The Labute approximate surface area is 382 Å². The summed E-state index contributed by atoms with van der Waals surface area (Å²) in [6.07, 6.45) is 24.0. The van der Waals surface area contributed by atoms with E-state index in [-0.39, 0.29) is 19.7 Å². The Morgan fingerprint density at radius 3 is 1.66 bits per heavy atom. The highest BCUT2D eigenvalue weighted by atomic mass is 32.2. The Morgan fingerprint density at radius 2 is 1.15 bits per heavy atom. The van der Waals surface area contributed by atoms with E-state index in [4.69, 9.17) is 4.98 Å². The SMILES string of the molecule is C.C.Cn1cc(-c2c[nH]c3ncc(C4CCC(N5CC[C@@H](F)C5)CC4)cc23)cn1.Cn1cc(-c2cn(S(=O)(=O)c3ccccc3)c3ncc(C4CCC(N5CC[C@@H](F)C5)CC4)cc23)cn1.